The summed E-state index contributed by atoms with van der Waals surface area (Å²) in [7, 11) is 0. The Balaban J connectivity index is 1.98. The quantitative estimate of drug-likeness (QED) is 0.711. The second-order valence-corrected chi connectivity index (χ2v) is 5.65. The number of hydrogen-bond acceptors (Lipinski definition) is 4. The topological polar surface area (TPSA) is 56.8 Å². The highest BCUT2D eigenvalue weighted by Crippen LogP contribution is 2.21. The first kappa shape index (κ1) is 17.8. The van der Waals surface area contributed by atoms with E-state index >= 15 is 0 Å². The van der Waals surface area contributed by atoms with E-state index in [-0.39, 0.29) is 12.0 Å². The summed E-state index contributed by atoms with van der Waals surface area (Å²) in [5, 5.41) is 2.94. The summed E-state index contributed by atoms with van der Waals surface area (Å²) in [5.41, 5.74) is 1.53. The molecule has 128 valence electrons. The number of ether oxygens (including phenoxy) is 3. The molecule has 0 saturated carbocycles. The largest absolute Gasteiger partial charge is 0.494 e. The summed E-state index contributed by atoms with van der Waals surface area (Å²) in [5.74, 6) is 0.694. The van der Waals surface area contributed by atoms with Crippen LogP contribution in [-0.2, 0) is 16.1 Å². The standard InChI is InChI=1S/C18H27NO4/c1-3-9-21-13-15-11-14(7-8-17(15)22-4-2)18(20)19-12-16-6-5-10-23-16/h7-8,11,16H,3-6,9-10,12-13H2,1-2H3,(H,19,20)/t16-/m0/s1. The van der Waals surface area contributed by atoms with E-state index in [0.717, 1.165) is 37.2 Å². The van der Waals surface area contributed by atoms with Crippen molar-refractivity contribution in [3.8, 4) is 5.75 Å². The lowest BCUT2D eigenvalue weighted by molar-refractivity contribution is 0.0857. The van der Waals surface area contributed by atoms with Crippen LogP contribution in [0.25, 0.3) is 0 Å². The molecule has 0 spiro atoms. The molecule has 1 aromatic carbocycles. The van der Waals surface area contributed by atoms with E-state index in [0.29, 0.717) is 31.9 Å². The number of benzene rings is 1. The summed E-state index contributed by atoms with van der Waals surface area (Å²) in [6.45, 7) is 7.11. The Bertz CT molecular complexity index is 498. The summed E-state index contributed by atoms with van der Waals surface area (Å²) < 4.78 is 16.7. The van der Waals surface area contributed by atoms with Crippen LogP contribution < -0.4 is 10.1 Å². The van der Waals surface area contributed by atoms with Crippen LogP contribution in [0, 0.1) is 0 Å². The zero-order valence-corrected chi connectivity index (χ0v) is 14.1. The van der Waals surface area contributed by atoms with Crippen molar-refractivity contribution in [2.24, 2.45) is 0 Å². The first-order chi connectivity index (χ1) is 11.2. The van der Waals surface area contributed by atoms with Gasteiger partial charge in [-0.1, -0.05) is 6.92 Å². The molecule has 1 heterocycles. The highest BCUT2D eigenvalue weighted by molar-refractivity contribution is 5.94. The lowest BCUT2D eigenvalue weighted by atomic mass is 10.1. The van der Waals surface area contributed by atoms with E-state index in [2.05, 4.69) is 12.2 Å². The maximum absolute atomic E-state index is 12.3. The molecule has 5 heteroatoms. The van der Waals surface area contributed by atoms with Crippen LogP contribution in [0.15, 0.2) is 18.2 Å². The Morgan fingerprint density at radius 3 is 2.96 bits per heavy atom. The molecule has 1 saturated heterocycles. The molecule has 1 N–H and O–H groups in total. The number of rotatable bonds is 9. The minimum Gasteiger partial charge on any atom is -0.494 e. The van der Waals surface area contributed by atoms with Gasteiger partial charge >= 0.3 is 0 Å². The van der Waals surface area contributed by atoms with Gasteiger partial charge in [-0.05, 0) is 44.4 Å². The van der Waals surface area contributed by atoms with E-state index in [4.69, 9.17) is 14.2 Å². The normalized spacial score (nSPS) is 17.2. The van der Waals surface area contributed by atoms with Crippen LogP contribution in [0.5, 0.6) is 5.75 Å². The van der Waals surface area contributed by atoms with Crippen molar-refractivity contribution in [2.75, 3.05) is 26.4 Å². The molecule has 1 amide bonds. The SMILES string of the molecule is CCCOCc1cc(C(=O)NC[C@@H]2CCCO2)ccc1OCC. The van der Waals surface area contributed by atoms with Gasteiger partial charge in [0.25, 0.3) is 5.91 Å². The van der Waals surface area contributed by atoms with Crippen molar-refractivity contribution in [3.05, 3.63) is 29.3 Å². The summed E-state index contributed by atoms with van der Waals surface area (Å²) >= 11 is 0. The zero-order valence-electron chi connectivity index (χ0n) is 14.1. The van der Waals surface area contributed by atoms with Gasteiger partial charge < -0.3 is 19.5 Å². The molecule has 0 aliphatic carbocycles. The van der Waals surface area contributed by atoms with Gasteiger partial charge in [0.15, 0.2) is 0 Å². The summed E-state index contributed by atoms with van der Waals surface area (Å²) in [6, 6.07) is 5.49. The fourth-order valence-electron chi connectivity index (χ4n) is 2.57. The second kappa shape index (κ2) is 9.53. The van der Waals surface area contributed by atoms with Crippen molar-refractivity contribution < 1.29 is 19.0 Å². The van der Waals surface area contributed by atoms with E-state index in [9.17, 15) is 4.79 Å². The molecule has 23 heavy (non-hydrogen) atoms. The van der Waals surface area contributed by atoms with E-state index in [1.807, 2.05) is 19.1 Å². The molecular formula is C18H27NO4. The Kier molecular flexibility index (Phi) is 7.36. The van der Waals surface area contributed by atoms with E-state index in [1.165, 1.54) is 0 Å². The molecule has 5 nitrogen and oxygen atoms in total. The maximum Gasteiger partial charge on any atom is 0.251 e. The van der Waals surface area contributed by atoms with Gasteiger partial charge in [-0.15, -0.1) is 0 Å². The summed E-state index contributed by atoms with van der Waals surface area (Å²) in [6.07, 6.45) is 3.20. The van der Waals surface area contributed by atoms with Gasteiger partial charge in [-0.3, -0.25) is 4.79 Å². The lowest BCUT2D eigenvalue weighted by Gasteiger charge is -2.14. The molecular weight excluding hydrogens is 294 g/mol. The van der Waals surface area contributed by atoms with Crippen LogP contribution in [0.2, 0.25) is 0 Å². The third-order valence-electron chi connectivity index (χ3n) is 3.74. The molecule has 0 unspecified atom stereocenters. The predicted molar refractivity (Wildman–Crippen MR) is 88.9 cm³/mol. The molecule has 0 radical (unpaired) electrons. The molecule has 1 atom stereocenters. The van der Waals surface area contributed by atoms with Crippen LogP contribution >= 0.6 is 0 Å². The molecule has 0 bridgehead atoms. The average Bonchev–Trinajstić information content (AvgIpc) is 3.08. The number of amides is 1. The van der Waals surface area contributed by atoms with Crippen molar-refractivity contribution in [3.63, 3.8) is 0 Å². The first-order valence-corrected chi connectivity index (χ1v) is 8.47. The zero-order chi connectivity index (χ0) is 16.5. The number of hydrogen-bond donors (Lipinski definition) is 1. The number of carbonyl (C=O) groups excluding carboxylic acids is 1. The van der Waals surface area contributed by atoms with Crippen molar-refractivity contribution in [1.82, 2.24) is 5.32 Å². The maximum atomic E-state index is 12.3. The van der Waals surface area contributed by atoms with Crippen molar-refractivity contribution >= 4 is 5.91 Å². The smallest absolute Gasteiger partial charge is 0.251 e. The predicted octanol–water partition coefficient (Wildman–Crippen LogP) is 2.92. The molecule has 1 aliphatic heterocycles. The minimum absolute atomic E-state index is 0.0831. The molecule has 1 aliphatic rings. The lowest BCUT2D eigenvalue weighted by Crippen LogP contribution is -2.31. The van der Waals surface area contributed by atoms with Gasteiger partial charge in [0, 0.05) is 30.9 Å². The van der Waals surface area contributed by atoms with Crippen LogP contribution in [-0.4, -0.2) is 38.4 Å². The molecule has 1 aromatic rings. The molecule has 0 aromatic heterocycles. The van der Waals surface area contributed by atoms with Crippen LogP contribution in [0.4, 0.5) is 0 Å². The highest BCUT2D eigenvalue weighted by Gasteiger charge is 2.17. The second-order valence-electron chi connectivity index (χ2n) is 5.65. The first-order valence-electron chi connectivity index (χ1n) is 8.47. The molecule has 1 fully saturated rings. The van der Waals surface area contributed by atoms with Crippen LogP contribution in [0.3, 0.4) is 0 Å². The third kappa shape index (κ3) is 5.52. The monoisotopic (exact) mass is 321 g/mol. The fourth-order valence-corrected chi connectivity index (χ4v) is 2.57. The highest BCUT2D eigenvalue weighted by atomic mass is 16.5. The van der Waals surface area contributed by atoms with Gasteiger partial charge in [-0.2, -0.15) is 0 Å². The fraction of sp³-hybridized carbons (Fsp3) is 0.611. The van der Waals surface area contributed by atoms with Gasteiger partial charge in [0.2, 0.25) is 0 Å². The molecule has 2 rings (SSSR count). The Morgan fingerprint density at radius 2 is 2.26 bits per heavy atom. The van der Waals surface area contributed by atoms with E-state index < -0.39 is 0 Å². The average molecular weight is 321 g/mol. The minimum atomic E-state index is -0.0831. The van der Waals surface area contributed by atoms with Gasteiger partial charge in [0.1, 0.15) is 5.75 Å². The van der Waals surface area contributed by atoms with Gasteiger partial charge in [0.05, 0.1) is 19.3 Å². The van der Waals surface area contributed by atoms with Crippen molar-refractivity contribution in [1.29, 1.82) is 0 Å². The Morgan fingerprint density at radius 1 is 1.39 bits per heavy atom. The Labute approximate surface area is 138 Å². The van der Waals surface area contributed by atoms with Gasteiger partial charge in [-0.25, -0.2) is 0 Å². The summed E-state index contributed by atoms with van der Waals surface area (Å²) in [4.78, 5) is 12.3. The number of nitrogens with one attached hydrogen (secondary N) is 1. The Hall–Kier alpha value is -1.59. The van der Waals surface area contributed by atoms with Crippen LogP contribution in [0.1, 0.15) is 49.0 Å². The van der Waals surface area contributed by atoms with Crippen molar-refractivity contribution in [2.45, 2.75) is 45.8 Å². The third-order valence-corrected chi connectivity index (χ3v) is 3.74. The number of carbonyl (C=O) groups is 1. The van der Waals surface area contributed by atoms with E-state index in [1.54, 1.807) is 6.07 Å².